The lowest BCUT2D eigenvalue weighted by molar-refractivity contribution is -0.139. The summed E-state index contributed by atoms with van der Waals surface area (Å²) in [5.74, 6) is -3.53. The molecule has 3 aromatic rings. The van der Waals surface area contributed by atoms with E-state index in [1.54, 1.807) is 18.2 Å². The number of carbonyl (C=O) groups excluding carboxylic acids is 4. The van der Waals surface area contributed by atoms with E-state index in [0.29, 0.717) is 23.1 Å². The zero-order valence-corrected chi connectivity index (χ0v) is 22.6. The van der Waals surface area contributed by atoms with Crippen LogP contribution in [0.1, 0.15) is 35.4 Å². The number of hydrogen-bond acceptors (Lipinski definition) is 5. The molecule has 0 spiro atoms. The van der Waals surface area contributed by atoms with Crippen molar-refractivity contribution in [3.05, 3.63) is 119 Å². The number of phenols is 1. The summed E-state index contributed by atoms with van der Waals surface area (Å²) in [6.07, 6.45) is 4.20. The monoisotopic (exact) mass is 543 g/mol. The minimum Gasteiger partial charge on any atom is -0.508 e. The maximum Gasteiger partial charge on any atom is 0.233 e. The molecule has 1 heterocycles. The van der Waals surface area contributed by atoms with Gasteiger partial charge in [-0.05, 0) is 53.7 Å². The van der Waals surface area contributed by atoms with Crippen LogP contribution in [0, 0.1) is 23.7 Å². The lowest BCUT2D eigenvalue weighted by Gasteiger charge is -2.55. The molecule has 1 saturated heterocycles. The van der Waals surface area contributed by atoms with Gasteiger partial charge in [0, 0.05) is 24.5 Å². The molecule has 2 fully saturated rings. The highest BCUT2D eigenvalue weighted by molar-refractivity contribution is 6.31. The van der Waals surface area contributed by atoms with Crippen LogP contribution in [0.25, 0.3) is 5.57 Å². The Morgan fingerprint density at radius 3 is 2.24 bits per heavy atom. The molecule has 41 heavy (non-hydrogen) atoms. The Balaban J connectivity index is 1.52. The fourth-order valence-electron chi connectivity index (χ4n) is 8.11. The predicted molar refractivity (Wildman–Crippen MR) is 152 cm³/mol. The molecule has 1 aliphatic heterocycles. The average Bonchev–Trinajstić information content (AvgIpc) is 3.22. The quantitative estimate of drug-likeness (QED) is 0.377. The Morgan fingerprint density at radius 2 is 1.54 bits per heavy atom. The van der Waals surface area contributed by atoms with Crippen LogP contribution < -0.4 is 0 Å². The van der Waals surface area contributed by atoms with Crippen molar-refractivity contribution in [3.8, 4) is 5.75 Å². The van der Waals surface area contributed by atoms with Crippen molar-refractivity contribution >= 4 is 29.0 Å². The van der Waals surface area contributed by atoms with Gasteiger partial charge in [0.25, 0.3) is 0 Å². The van der Waals surface area contributed by atoms with E-state index < -0.39 is 35.0 Å². The fourth-order valence-corrected chi connectivity index (χ4v) is 8.11. The summed E-state index contributed by atoms with van der Waals surface area (Å²) in [6.45, 7) is 0. The molecule has 1 N–H and O–H groups in total. The molecular formula is C35H29NO5. The van der Waals surface area contributed by atoms with Crippen molar-refractivity contribution in [3.63, 3.8) is 0 Å². The molecule has 2 amide bonds. The van der Waals surface area contributed by atoms with Crippen LogP contribution in [0.15, 0.2) is 103 Å². The third-order valence-electron chi connectivity index (χ3n) is 9.80. The number of Topliss-reactive ketones (excluding diaryl/α,β-unsaturated/α-hetero) is 1. The summed E-state index contributed by atoms with van der Waals surface area (Å²) in [6, 6.07) is 25.5. The van der Waals surface area contributed by atoms with Crippen molar-refractivity contribution in [2.75, 3.05) is 7.05 Å². The van der Waals surface area contributed by atoms with E-state index in [9.17, 15) is 24.3 Å². The number of likely N-dealkylation sites (tertiary alicyclic amines) is 1. The smallest absolute Gasteiger partial charge is 0.233 e. The molecule has 1 saturated carbocycles. The summed E-state index contributed by atoms with van der Waals surface area (Å²) in [5, 5.41) is 10.6. The van der Waals surface area contributed by atoms with Crippen LogP contribution in [0.2, 0.25) is 0 Å². The van der Waals surface area contributed by atoms with Crippen LogP contribution in [-0.4, -0.2) is 40.4 Å². The number of benzene rings is 3. The first-order valence-corrected chi connectivity index (χ1v) is 14.1. The molecule has 0 radical (unpaired) electrons. The van der Waals surface area contributed by atoms with Gasteiger partial charge in [-0.2, -0.15) is 0 Å². The second-order valence-corrected chi connectivity index (χ2v) is 11.6. The number of phenolic OH excluding ortho intramolecular Hbond substituents is 1. The second-order valence-electron chi connectivity index (χ2n) is 11.6. The minimum absolute atomic E-state index is 0.0561. The van der Waals surface area contributed by atoms with E-state index >= 15 is 0 Å². The van der Waals surface area contributed by atoms with Crippen LogP contribution >= 0.6 is 0 Å². The number of allylic oxidation sites excluding steroid dienone is 4. The highest BCUT2D eigenvalue weighted by Gasteiger charge is 2.65. The highest BCUT2D eigenvalue weighted by Crippen LogP contribution is 2.63. The summed E-state index contributed by atoms with van der Waals surface area (Å²) >= 11 is 0. The van der Waals surface area contributed by atoms with E-state index in [2.05, 4.69) is 0 Å². The molecule has 3 aliphatic carbocycles. The summed E-state index contributed by atoms with van der Waals surface area (Å²) in [7, 11) is 1.53. The summed E-state index contributed by atoms with van der Waals surface area (Å²) in [5.41, 5.74) is 2.09. The number of carbonyl (C=O) groups is 4. The Bertz CT molecular complexity index is 1670. The number of aromatic hydroxyl groups is 1. The van der Waals surface area contributed by atoms with Gasteiger partial charge in [0.15, 0.2) is 11.6 Å². The Hall–Kier alpha value is -4.58. The number of amides is 2. The number of fused-ring (bicyclic) bond motifs is 4. The maximum absolute atomic E-state index is 14.8. The van der Waals surface area contributed by atoms with E-state index in [-0.39, 0.29) is 35.6 Å². The molecular weight excluding hydrogens is 514 g/mol. The van der Waals surface area contributed by atoms with Gasteiger partial charge in [-0.1, -0.05) is 84.4 Å². The Labute approximate surface area is 238 Å². The molecule has 6 heteroatoms. The molecule has 7 rings (SSSR count). The van der Waals surface area contributed by atoms with Crippen LogP contribution in [0.4, 0.5) is 0 Å². The number of ketones is 2. The number of rotatable bonds is 3. The molecule has 0 unspecified atom stereocenters. The van der Waals surface area contributed by atoms with Gasteiger partial charge < -0.3 is 5.11 Å². The average molecular weight is 544 g/mol. The summed E-state index contributed by atoms with van der Waals surface area (Å²) in [4.78, 5) is 57.2. The van der Waals surface area contributed by atoms with Gasteiger partial charge in [0.2, 0.25) is 11.8 Å². The van der Waals surface area contributed by atoms with Gasteiger partial charge in [-0.3, -0.25) is 24.1 Å². The first-order chi connectivity index (χ1) is 19.8. The lowest BCUT2D eigenvalue weighted by Crippen LogP contribution is -2.58. The molecule has 0 aromatic heterocycles. The van der Waals surface area contributed by atoms with Gasteiger partial charge >= 0.3 is 0 Å². The van der Waals surface area contributed by atoms with Crippen molar-refractivity contribution in [2.24, 2.45) is 23.7 Å². The molecule has 4 aliphatic rings. The Morgan fingerprint density at radius 1 is 0.829 bits per heavy atom. The maximum atomic E-state index is 14.8. The largest absolute Gasteiger partial charge is 0.508 e. The summed E-state index contributed by atoms with van der Waals surface area (Å²) < 4.78 is 0. The number of nitrogens with zero attached hydrogens (tertiary/aromatic N) is 1. The zero-order chi connectivity index (χ0) is 28.5. The van der Waals surface area contributed by atoms with Gasteiger partial charge in [0.05, 0.1) is 17.3 Å². The van der Waals surface area contributed by atoms with Crippen molar-refractivity contribution in [1.82, 2.24) is 4.90 Å². The third-order valence-corrected chi connectivity index (χ3v) is 9.80. The van der Waals surface area contributed by atoms with Crippen LogP contribution in [0.5, 0.6) is 5.75 Å². The standard InChI is InChI=1S/C35H29NO5/c1-36-33(40)25-16-15-24-27(30(25)34(36)41)18-28-32(39)26(20-9-4-2-5-10-20)19-29(38)35(28,22-12-6-3-7-13-22)31(24)21-11-8-14-23(37)17-21/h2-15,17,19,25,27-28,30-31,37H,16,18H2,1H3/t25-,27+,28-,30-,31-,35-/m0/s1. The van der Waals surface area contributed by atoms with Crippen LogP contribution in [-0.2, 0) is 24.6 Å². The van der Waals surface area contributed by atoms with Crippen molar-refractivity contribution in [1.29, 1.82) is 0 Å². The van der Waals surface area contributed by atoms with E-state index in [4.69, 9.17) is 0 Å². The first kappa shape index (κ1) is 25.4. The van der Waals surface area contributed by atoms with E-state index in [0.717, 1.165) is 11.1 Å². The van der Waals surface area contributed by atoms with Crippen molar-refractivity contribution < 1.29 is 24.3 Å². The molecule has 6 nitrogen and oxygen atoms in total. The first-order valence-electron chi connectivity index (χ1n) is 14.1. The number of hydrogen-bond donors (Lipinski definition) is 1. The third kappa shape index (κ3) is 3.49. The van der Waals surface area contributed by atoms with Gasteiger partial charge in [-0.25, -0.2) is 0 Å². The fraction of sp³-hybridized carbons (Fsp3) is 0.257. The van der Waals surface area contributed by atoms with Gasteiger partial charge in [-0.15, -0.1) is 0 Å². The normalized spacial score (nSPS) is 30.8. The highest BCUT2D eigenvalue weighted by atomic mass is 16.3. The second kappa shape index (κ2) is 9.23. The molecule has 6 atom stereocenters. The SMILES string of the molecule is CN1C(=O)[C@H]2[C@H](CC=C3[C@H]2C[C@H]2C(=O)C(c4ccccc4)=CC(=O)[C@@]2(c2ccccc2)[C@H]3c2cccc(O)c2)C1=O. The van der Waals surface area contributed by atoms with Crippen LogP contribution in [0.3, 0.4) is 0 Å². The topological polar surface area (TPSA) is 91.8 Å². The molecule has 3 aromatic carbocycles. The minimum atomic E-state index is -1.28. The molecule has 204 valence electrons. The Kier molecular flexibility index (Phi) is 5.72. The van der Waals surface area contributed by atoms with Crippen molar-refractivity contribution in [2.45, 2.75) is 24.2 Å². The zero-order valence-electron chi connectivity index (χ0n) is 22.6. The molecule has 0 bridgehead atoms. The number of imide groups is 1. The van der Waals surface area contributed by atoms with E-state index in [1.165, 1.54) is 18.0 Å². The predicted octanol–water partition coefficient (Wildman–Crippen LogP) is 4.85. The lowest BCUT2D eigenvalue weighted by atomic mass is 9.44. The van der Waals surface area contributed by atoms with Gasteiger partial charge in [0.1, 0.15) is 5.75 Å². The van der Waals surface area contributed by atoms with E-state index in [1.807, 2.05) is 72.8 Å².